The predicted octanol–water partition coefficient (Wildman–Crippen LogP) is 5.21. The van der Waals surface area contributed by atoms with Crippen molar-refractivity contribution in [3.63, 3.8) is 0 Å². The number of pyridine rings is 1. The molecule has 2 aromatic carbocycles. The van der Waals surface area contributed by atoms with Crippen molar-refractivity contribution in [2.24, 2.45) is 0 Å². The number of benzene rings is 2. The normalized spacial score (nSPS) is 12.0. The Kier molecular flexibility index (Phi) is 2.73. The van der Waals surface area contributed by atoms with E-state index < -0.39 is 0 Å². The number of hydrogen-bond donors (Lipinski definition) is 0. The highest BCUT2D eigenvalue weighted by Crippen LogP contribution is 2.34. The van der Waals surface area contributed by atoms with Crippen molar-refractivity contribution in [2.75, 3.05) is 0 Å². The lowest BCUT2D eigenvalue weighted by molar-refractivity contribution is 0.629. The zero-order chi connectivity index (χ0) is 15.4. The molecule has 4 rings (SSSR count). The van der Waals surface area contributed by atoms with E-state index in [-0.39, 0.29) is 5.82 Å². The van der Waals surface area contributed by atoms with Gasteiger partial charge in [0.05, 0.1) is 11.2 Å². The molecule has 0 fully saturated rings. The number of imidazole rings is 1. The summed E-state index contributed by atoms with van der Waals surface area (Å²) in [5.74, 6) is 0.182. The van der Waals surface area contributed by atoms with Crippen LogP contribution >= 0.6 is 0 Å². The number of fused-ring (bicyclic) bond motifs is 6. The topological polar surface area (TPSA) is 17.3 Å². The summed E-state index contributed by atoms with van der Waals surface area (Å²) in [4.78, 5) is 4.70. The van der Waals surface area contributed by atoms with E-state index in [4.69, 9.17) is 4.98 Å². The van der Waals surface area contributed by atoms with Crippen LogP contribution in [0.4, 0.5) is 4.39 Å². The molecule has 0 spiro atoms. The van der Waals surface area contributed by atoms with E-state index in [0.29, 0.717) is 5.92 Å². The standard InChI is InChI=1S/C19H17FN2/c1-11(2)14-5-4-6-16-15-8-7-13(20)9-17(15)22-10-12(3)21-19(22)18(14)16/h4-11H,1-3H3. The molecular formula is C19H17FN2. The van der Waals surface area contributed by atoms with Crippen LogP contribution in [0.2, 0.25) is 0 Å². The predicted molar refractivity (Wildman–Crippen MR) is 89.0 cm³/mol. The van der Waals surface area contributed by atoms with Gasteiger partial charge in [-0.2, -0.15) is 0 Å². The first kappa shape index (κ1) is 13.3. The van der Waals surface area contributed by atoms with Gasteiger partial charge >= 0.3 is 0 Å². The summed E-state index contributed by atoms with van der Waals surface area (Å²) in [7, 11) is 0. The molecule has 110 valence electrons. The molecule has 0 aliphatic rings. The first-order valence-electron chi connectivity index (χ1n) is 7.56. The lowest BCUT2D eigenvalue weighted by Crippen LogP contribution is -1.96. The SMILES string of the molecule is Cc1cn2c3cc(F)ccc3c3cccc(C(C)C)c3c2n1. The molecule has 0 amide bonds. The molecule has 0 radical (unpaired) electrons. The van der Waals surface area contributed by atoms with E-state index in [1.807, 2.05) is 23.6 Å². The second kappa shape index (κ2) is 4.54. The van der Waals surface area contributed by atoms with Crippen LogP contribution in [0.25, 0.3) is 27.3 Å². The molecule has 2 aromatic heterocycles. The Labute approximate surface area is 128 Å². The number of halogens is 1. The Morgan fingerprint density at radius 1 is 1.09 bits per heavy atom. The molecule has 0 atom stereocenters. The summed E-state index contributed by atoms with van der Waals surface area (Å²) in [5.41, 5.74) is 4.00. The summed E-state index contributed by atoms with van der Waals surface area (Å²) < 4.78 is 15.8. The lowest BCUT2D eigenvalue weighted by Gasteiger charge is -2.14. The van der Waals surface area contributed by atoms with Gasteiger partial charge in [-0.3, -0.25) is 4.40 Å². The smallest absolute Gasteiger partial charge is 0.145 e. The number of rotatable bonds is 1. The molecule has 0 aliphatic heterocycles. The van der Waals surface area contributed by atoms with Crippen molar-refractivity contribution in [1.82, 2.24) is 9.38 Å². The van der Waals surface area contributed by atoms with Crippen molar-refractivity contribution in [2.45, 2.75) is 26.7 Å². The largest absolute Gasteiger partial charge is 0.299 e. The van der Waals surface area contributed by atoms with Gasteiger partial charge in [-0.15, -0.1) is 0 Å². The van der Waals surface area contributed by atoms with E-state index in [2.05, 4.69) is 32.0 Å². The minimum Gasteiger partial charge on any atom is -0.299 e. The van der Waals surface area contributed by atoms with Crippen LogP contribution in [0, 0.1) is 12.7 Å². The molecule has 0 saturated carbocycles. The van der Waals surface area contributed by atoms with Crippen LogP contribution in [0.3, 0.4) is 0 Å². The van der Waals surface area contributed by atoms with Crippen LogP contribution in [-0.4, -0.2) is 9.38 Å². The fourth-order valence-corrected chi connectivity index (χ4v) is 3.31. The first-order valence-corrected chi connectivity index (χ1v) is 7.56. The first-order chi connectivity index (χ1) is 10.6. The van der Waals surface area contributed by atoms with Gasteiger partial charge in [0.2, 0.25) is 0 Å². The van der Waals surface area contributed by atoms with Crippen molar-refractivity contribution >= 4 is 27.3 Å². The van der Waals surface area contributed by atoms with Gasteiger partial charge in [-0.25, -0.2) is 9.37 Å². The summed E-state index contributed by atoms with van der Waals surface area (Å²) in [6.45, 7) is 6.35. The number of nitrogens with zero attached hydrogens (tertiary/aromatic N) is 2. The van der Waals surface area contributed by atoms with E-state index in [9.17, 15) is 4.39 Å². The van der Waals surface area contributed by atoms with E-state index in [1.165, 1.54) is 17.0 Å². The van der Waals surface area contributed by atoms with Gasteiger partial charge in [0.15, 0.2) is 0 Å². The van der Waals surface area contributed by atoms with Crippen molar-refractivity contribution < 1.29 is 4.39 Å². The average Bonchev–Trinajstić information content (AvgIpc) is 2.88. The zero-order valence-corrected chi connectivity index (χ0v) is 12.9. The van der Waals surface area contributed by atoms with Crippen LogP contribution < -0.4 is 0 Å². The molecule has 0 unspecified atom stereocenters. The maximum atomic E-state index is 13.7. The van der Waals surface area contributed by atoms with Gasteiger partial charge in [0, 0.05) is 17.0 Å². The highest BCUT2D eigenvalue weighted by molar-refractivity contribution is 6.13. The minimum atomic E-state index is -0.223. The monoisotopic (exact) mass is 292 g/mol. The number of aryl methyl sites for hydroxylation is 1. The van der Waals surface area contributed by atoms with E-state index >= 15 is 0 Å². The third-order valence-corrected chi connectivity index (χ3v) is 4.28. The molecule has 0 N–H and O–H groups in total. The van der Waals surface area contributed by atoms with Crippen LogP contribution in [0.5, 0.6) is 0 Å². The van der Waals surface area contributed by atoms with Crippen LogP contribution in [0.15, 0.2) is 42.6 Å². The Morgan fingerprint density at radius 3 is 2.68 bits per heavy atom. The number of aromatic nitrogens is 2. The Balaban J connectivity index is 2.37. The molecule has 3 heteroatoms. The maximum absolute atomic E-state index is 13.7. The minimum absolute atomic E-state index is 0.223. The zero-order valence-electron chi connectivity index (χ0n) is 12.9. The van der Waals surface area contributed by atoms with Gasteiger partial charge in [-0.1, -0.05) is 32.0 Å². The molecule has 2 nitrogen and oxygen atoms in total. The quantitative estimate of drug-likeness (QED) is 0.440. The maximum Gasteiger partial charge on any atom is 0.145 e. The lowest BCUT2D eigenvalue weighted by atomic mass is 9.95. The third-order valence-electron chi connectivity index (χ3n) is 4.28. The fraction of sp³-hybridized carbons (Fsp3) is 0.211. The molecule has 0 aliphatic carbocycles. The second-order valence-corrected chi connectivity index (χ2v) is 6.16. The van der Waals surface area contributed by atoms with Gasteiger partial charge in [0.1, 0.15) is 11.5 Å². The van der Waals surface area contributed by atoms with Gasteiger partial charge < -0.3 is 0 Å². The third kappa shape index (κ3) is 1.75. The number of hydrogen-bond acceptors (Lipinski definition) is 1. The Bertz CT molecular complexity index is 1030. The summed E-state index contributed by atoms with van der Waals surface area (Å²) in [6.07, 6.45) is 1.98. The van der Waals surface area contributed by atoms with Crippen LogP contribution in [0.1, 0.15) is 31.0 Å². The second-order valence-electron chi connectivity index (χ2n) is 6.16. The summed E-state index contributed by atoms with van der Waals surface area (Å²) in [5, 5.41) is 3.37. The average molecular weight is 292 g/mol. The van der Waals surface area contributed by atoms with Crippen molar-refractivity contribution in [3.05, 3.63) is 59.7 Å². The fourth-order valence-electron chi connectivity index (χ4n) is 3.31. The highest BCUT2D eigenvalue weighted by atomic mass is 19.1. The summed E-state index contributed by atoms with van der Waals surface area (Å²) >= 11 is 0. The summed E-state index contributed by atoms with van der Waals surface area (Å²) in [6, 6.07) is 11.3. The molecule has 0 saturated heterocycles. The molecular weight excluding hydrogens is 275 g/mol. The van der Waals surface area contributed by atoms with E-state index in [1.54, 1.807) is 6.07 Å². The van der Waals surface area contributed by atoms with Crippen molar-refractivity contribution in [1.29, 1.82) is 0 Å². The van der Waals surface area contributed by atoms with Gasteiger partial charge in [0.25, 0.3) is 0 Å². The van der Waals surface area contributed by atoms with E-state index in [0.717, 1.165) is 27.6 Å². The molecule has 22 heavy (non-hydrogen) atoms. The Morgan fingerprint density at radius 2 is 1.91 bits per heavy atom. The Hall–Kier alpha value is -2.42. The van der Waals surface area contributed by atoms with Crippen molar-refractivity contribution in [3.8, 4) is 0 Å². The molecule has 2 heterocycles. The van der Waals surface area contributed by atoms with Crippen LogP contribution in [-0.2, 0) is 0 Å². The van der Waals surface area contributed by atoms with Gasteiger partial charge in [-0.05, 0) is 42.0 Å². The molecule has 4 aromatic rings. The highest BCUT2D eigenvalue weighted by Gasteiger charge is 2.15. The molecule has 0 bridgehead atoms.